The molecule has 128 valence electrons. The van der Waals surface area contributed by atoms with Gasteiger partial charge in [-0.3, -0.25) is 4.72 Å². The lowest BCUT2D eigenvalue weighted by atomic mass is 10.2. The Kier molecular flexibility index (Phi) is 5.64. The standard InChI is InChI=1S/C16H17NO6S/c1-24(20,21)17-13-7-3-5-9-15(13)23-11-10-22-14-8-4-2-6-12(14)16(18)19/h2-9,17H,10-11H2,1H3,(H,18,19). The number of aromatic carboxylic acids is 1. The predicted octanol–water partition coefficient (Wildman–Crippen LogP) is 2.21. The molecule has 0 aliphatic rings. The Morgan fingerprint density at radius 1 is 1.00 bits per heavy atom. The molecule has 0 bridgehead atoms. The molecular formula is C16H17NO6S. The van der Waals surface area contributed by atoms with Gasteiger partial charge in [-0.15, -0.1) is 0 Å². The van der Waals surface area contributed by atoms with Gasteiger partial charge < -0.3 is 14.6 Å². The van der Waals surface area contributed by atoms with Gasteiger partial charge in [-0.1, -0.05) is 24.3 Å². The third-order valence-electron chi connectivity index (χ3n) is 2.90. The second kappa shape index (κ2) is 7.69. The number of nitrogens with one attached hydrogen (secondary N) is 1. The molecule has 2 N–H and O–H groups in total. The minimum absolute atomic E-state index is 0.0663. The summed E-state index contributed by atoms with van der Waals surface area (Å²) in [6.45, 7) is 0.230. The van der Waals surface area contributed by atoms with Crippen molar-refractivity contribution in [2.24, 2.45) is 0 Å². The van der Waals surface area contributed by atoms with E-state index in [9.17, 15) is 13.2 Å². The van der Waals surface area contributed by atoms with E-state index in [-0.39, 0.29) is 24.5 Å². The van der Waals surface area contributed by atoms with Gasteiger partial charge in [0, 0.05) is 0 Å². The van der Waals surface area contributed by atoms with E-state index in [1.807, 2.05) is 0 Å². The van der Waals surface area contributed by atoms with E-state index in [0.29, 0.717) is 11.4 Å². The van der Waals surface area contributed by atoms with Gasteiger partial charge in [0.1, 0.15) is 30.3 Å². The first-order chi connectivity index (χ1) is 11.4. The highest BCUT2D eigenvalue weighted by Crippen LogP contribution is 2.24. The van der Waals surface area contributed by atoms with E-state index < -0.39 is 16.0 Å². The molecule has 0 radical (unpaired) electrons. The average molecular weight is 351 g/mol. The molecular weight excluding hydrogens is 334 g/mol. The number of carbonyl (C=O) groups is 1. The van der Waals surface area contributed by atoms with Crippen LogP contribution in [0.1, 0.15) is 10.4 Å². The number of hydrogen-bond acceptors (Lipinski definition) is 5. The van der Waals surface area contributed by atoms with Gasteiger partial charge in [-0.05, 0) is 24.3 Å². The normalized spacial score (nSPS) is 10.9. The molecule has 0 aliphatic heterocycles. The Bertz CT molecular complexity index is 819. The number of benzene rings is 2. The fourth-order valence-corrected chi connectivity index (χ4v) is 2.52. The molecule has 0 amide bonds. The Morgan fingerprint density at radius 3 is 2.17 bits per heavy atom. The van der Waals surface area contributed by atoms with Crippen molar-refractivity contribution in [3.8, 4) is 11.5 Å². The Hall–Kier alpha value is -2.74. The number of para-hydroxylation sites is 3. The predicted molar refractivity (Wildman–Crippen MR) is 89.3 cm³/mol. The zero-order valence-corrected chi connectivity index (χ0v) is 13.7. The van der Waals surface area contributed by atoms with E-state index in [4.69, 9.17) is 14.6 Å². The van der Waals surface area contributed by atoms with E-state index >= 15 is 0 Å². The first-order valence-electron chi connectivity index (χ1n) is 7.01. The molecule has 0 fully saturated rings. The minimum Gasteiger partial charge on any atom is -0.489 e. The monoisotopic (exact) mass is 351 g/mol. The lowest BCUT2D eigenvalue weighted by Crippen LogP contribution is -2.14. The van der Waals surface area contributed by atoms with Crippen molar-refractivity contribution in [1.29, 1.82) is 0 Å². The van der Waals surface area contributed by atoms with Gasteiger partial charge in [-0.25, -0.2) is 13.2 Å². The summed E-state index contributed by atoms with van der Waals surface area (Å²) < 4.78 is 35.9. The highest BCUT2D eigenvalue weighted by atomic mass is 32.2. The first-order valence-corrected chi connectivity index (χ1v) is 8.91. The molecule has 0 saturated carbocycles. The maximum absolute atomic E-state index is 11.3. The molecule has 7 nitrogen and oxygen atoms in total. The number of hydrogen-bond donors (Lipinski definition) is 2. The number of sulfonamides is 1. The van der Waals surface area contributed by atoms with Crippen molar-refractivity contribution >= 4 is 21.7 Å². The number of carboxylic acid groups (broad SMARTS) is 1. The maximum atomic E-state index is 11.3. The quantitative estimate of drug-likeness (QED) is 0.707. The van der Waals surface area contributed by atoms with Crippen LogP contribution in [0.2, 0.25) is 0 Å². The lowest BCUT2D eigenvalue weighted by Gasteiger charge is -2.13. The highest BCUT2D eigenvalue weighted by Gasteiger charge is 2.11. The molecule has 2 rings (SSSR count). The van der Waals surface area contributed by atoms with Crippen molar-refractivity contribution in [2.45, 2.75) is 0 Å². The van der Waals surface area contributed by atoms with Crippen LogP contribution < -0.4 is 14.2 Å². The Balaban J connectivity index is 1.95. The van der Waals surface area contributed by atoms with Crippen molar-refractivity contribution in [3.63, 3.8) is 0 Å². The average Bonchev–Trinajstić information content (AvgIpc) is 2.52. The van der Waals surface area contributed by atoms with Gasteiger partial charge >= 0.3 is 5.97 Å². The molecule has 24 heavy (non-hydrogen) atoms. The molecule has 2 aromatic rings. The minimum atomic E-state index is -3.41. The van der Waals surface area contributed by atoms with Crippen LogP contribution in [0.15, 0.2) is 48.5 Å². The molecule has 2 aromatic carbocycles. The van der Waals surface area contributed by atoms with E-state index in [1.165, 1.54) is 6.07 Å². The zero-order valence-electron chi connectivity index (χ0n) is 12.9. The fraction of sp³-hybridized carbons (Fsp3) is 0.188. The molecule has 0 unspecified atom stereocenters. The summed E-state index contributed by atoms with van der Waals surface area (Å²) in [5, 5.41) is 9.07. The van der Waals surface area contributed by atoms with Gasteiger partial charge in [0.15, 0.2) is 0 Å². The SMILES string of the molecule is CS(=O)(=O)Nc1ccccc1OCCOc1ccccc1C(=O)O. The van der Waals surface area contributed by atoms with Gasteiger partial charge in [0.05, 0.1) is 11.9 Å². The number of carboxylic acids is 1. The van der Waals surface area contributed by atoms with E-state index in [0.717, 1.165) is 6.26 Å². The van der Waals surface area contributed by atoms with E-state index in [2.05, 4.69) is 4.72 Å². The molecule has 0 aliphatic carbocycles. The summed E-state index contributed by atoms with van der Waals surface area (Å²) in [6, 6.07) is 12.9. The summed E-state index contributed by atoms with van der Waals surface area (Å²) in [5.74, 6) is -0.469. The van der Waals surface area contributed by atoms with Crippen molar-refractivity contribution in [2.75, 3.05) is 24.2 Å². The molecule has 0 atom stereocenters. The zero-order chi connectivity index (χ0) is 17.6. The molecule has 0 heterocycles. The van der Waals surface area contributed by atoms with Crippen LogP contribution in [-0.2, 0) is 10.0 Å². The second-order valence-corrected chi connectivity index (χ2v) is 6.62. The first kappa shape index (κ1) is 17.6. The van der Waals surface area contributed by atoms with Gasteiger partial charge in [0.2, 0.25) is 10.0 Å². The third-order valence-corrected chi connectivity index (χ3v) is 3.49. The van der Waals surface area contributed by atoms with Crippen LogP contribution in [0.4, 0.5) is 5.69 Å². The Morgan fingerprint density at radius 2 is 1.54 bits per heavy atom. The van der Waals surface area contributed by atoms with Crippen LogP contribution >= 0.6 is 0 Å². The van der Waals surface area contributed by atoms with Crippen LogP contribution in [0.5, 0.6) is 11.5 Å². The smallest absolute Gasteiger partial charge is 0.339 e. The summed E-state index contributed by atoms with van der Waals surface area (Å²) in [7, 11) is -3.41. The third kappa shape index (κ3) is 5.17. The van der Waals surface area contributed by atoms with Crippen LogP contribution in [0, 0.1) is 0 Å². The number of ether oxygens (including phenoxy) is 2. The largest absolute Gasteiger partial charge is 0.489 e. The fourth-order valence-electron chi connectivity index (χ4n) is 1.95. The number of rotatable bonds is 8. The topological polar surface area (TPSA) is 102 Å². The summed E-state index contributed by atoms with van der Waals surface area (Å²) in [5.41, 5.74) is 0.391. The highest BCUT2D eigenvalue weighted by molar-refractivity contribution is 7.92. The Labute approximate surface area is 139 Å². The van der Waals surface area contributed by atoms with Crippen molar-refractivity contribution in [3.05, 3.63) is 54.1 Å². The molecule has 0 aromatic heterocycles. The number of anilines is 1. The summed E-state index contributed by atoms with van der Waals surface area (Å²) in [4.78, 5) is 11.1. The van der Waals surface area contributed by atoms with Crippen molar-refractivity contribution in [1.82, 2.24) is 0 Å². The summed E-state index contributed by atoms with van der Waals surface area (Å²) in [6.07, 6.45) is 1.05. The molecule has 0 saturated heterocycles. The maximum Gasteiger partial charge on any atom is 0.339 e. The van der Waals surface area contributed by atoms with E-state index in [1.54, 1.807) is 42.5 Å². The van der Waals surface area contributed by atoms with Crippen LogP contribution in [0.3, 0.4) is 0 Å². The summed E-state index contributed by atoms with van der Waals surface area (Å²) >= 11 is 0. The molecule has 8 heteroatoms. The van der Waals surface area contributed by atoms with Gasteiger partial charge in [0.25, 0.3) is 0 Å². The lowest BCUT2D eigenvalue weighted by molar-refractivity contribution is 0.0691. The van der Waals surface area contributed by atoms with Crippen molar-refractivity contribution < 1.29 is 27.8 Å². The van der Waals surface area contributed by atoms with Crippen LogP contribution in [-0.4, -0.2) is 39.0 Å². The van der Waals surface area contributed by atoms with Gasteiger partial charge in [-0.2, -0.15) is 0 Å². The van der Waals surface area contributed by atoms with Crippen LogP contribution in [0.25, 0.3) is 0 Å². The second-order valence-electron chi connectivity index (χ2n) is 4.87. The molecule has 0 spiro atoms.